The summed E-state index contributed by atoms with van der Waals surface area (Å²) < 4.78 is 7.49. The Labute approximate surface area is 104 Å². The normalized spacial score (nSPS) is 13.8. The van der Waals surface area contributed by atoms with Crippen LogP contribution in [0.3, 0.4) is 0 Å². The van der Waals surface area contributed by atoms with Gasteiger partial charge < -0.3 is 15.3 Å². The number of rotatable bonds is 5. The Morgan fingerprint density at radius 3 is 2.29 bits per heavy atom. The van der Waals surface area contributed by atoms with Crippen molar-refractivity contribution in [2.75, 3.05) is 18.6 Å². The number of aryl methyl sites for hydroxylation is 2. The molecule has 4 heteroatoms. The first-order valence-electron chi connectivity index (χ1n) is 6.00. The fourth-order valence-corrected chi connectivity index (χ4v) is 1.52. The Kier molecular flexibility index (Phi) is 4.60. The van der Waals surface area contributed by atoms with E-state index in [0.717, 1.165) is 11.4 Å². The Hall–Kier alpha value is -1.00. The van der Waals surface area contributed by atoms with Gasteiger partial charge in [-0.3, -0.25) is 4.68 Å². The lowest BCUT2D eigenvalue weighted by Crippen LogP contribution is -2.33. The monoisotopic (exact) mass is 240 g/mol. The van der Waals surface area contributed by atoms with Gasteiger partial charge >= 0.3 is 0 Å². The first kappa shape index (κ1) is 14.1. The first-order valence-corrected chi connectivity index (χ1v) is 6.00. The molecule has 98 valence electrons. The second kappa shape index (κ2) is 5.56. The van der Waals surface area contributed by atoms with Crippen LogP contribution < -0.4 is 5.43 Å². The van der Waals surface area contributed by atoms with E-state index >= 15 is 0 Å². The van der Waals surface area contributed by atoms with Gasteiger partial charge in [0.1, 0.15) is 0 Å². The lowest BCUT2D eigenvalue weighted by molar-refractivity contribution is -0.0455. The Morgan fingerprint density at radius 2 is 1.82 bits per heavy atom. The molecule has 0 amide bonds. The molecule has 0 radical (unpaired) electrons. The zero-order valence-electron chi connectivity index (χ0n) is 11.4. The predicted octanol–water partition coefficient (Wildman–Crippen LogP) is 1.82. The summed E-state index contributed by atoms with van der Waals surface area (Å²) >= 11 is 0. The van der Waals surface area contributed by atoms with Crippen LogP contribution in [-0.2, 0) is 4.74 Å². The average Bonchev–Trinajstić information content (AvgIpc) is 2.52. The molecule has 17 heavy (non-hydrogen) atoms. The minimum absolute atomic E-state index is 0.208. The SMILES string of the molecule is Cc1ccc(C)n1NCC(O)COC(C)(C)C. The first-order chi connectivity index (χ1) is 7.79. The number of nitrogens with one attached hydrogen (secondary N) is 1. The van der Waals surface area contributed by atoms with Gasteiger partial charge in [-0.15, -0.1) is 0 Å². The zero-order chi connectivity index (χ0) is 13.1. The molecule has 1 aromatic heterocycles. The predicted molar refractivity (Wildman–Crippen MR) is 69.8 cm³/mol. The van der Waals surface area contributed by atoms with E-state index in [1.807, 2.05) is 51.4 Å². The lowest BCUT2D eigenvalue weighted by Gasteiger charge is -2.23. The standard InChI is InChI=1S/C13H24N2O2/c1-10-6-7-11(2)15(10)14-8-12(16)9-17-13(3,4)5/h6-7,12,14,16H,8-9H2,1-5H3. The lowest BCUT2D eigenvalue weighted by atomic mass is 10.2. The molecule has 0 spiro atoms. The van der Waals surface area contributed by atoms with E-state index in [-0.39, 0.29) is 5.60 Å². The topological polar surface area (TPSA) is 46.4 Å². The van der Waals surface area contributed by atoms with Gasteiger partial charge in [-0.2, -0.15) is 0 Å². The van der Waals surface area contributed by atoms with Gasteiger partial charge in [0.25, 0.3) is 0 Å². The Balaban J connectivity index is 2.36. The van der Waals surface area contributed by atoms with Gasteiger partial charge in [-0.1, -0.05) is 0 Å². The molecule has 0 saturated carbocycles. The van der Waals surface area contributed by atoms with Crippen molar-refractivity contribution in [1.82, 2.24) is 4.68 Å². The molecule has 0 aliphatic carbocycles. The van der Waals surface area contributed by atoms with Crippen LogP contribution in [0.5, 0.6) is 0 Å². The van der Waals surface area contributed by atoms with Crippen molar-refractivity contribution in [2.24, 2.45) is 0 Å². The van der Waals surface area contributed by atoms with Crippen LogP contribution in [0.4, 0.5) is 0 Å². The molecule has 0 saturated heterocycles. The third-order valence-electron chi connectivity index (χ3n) is 2.46. The van der Waals surface area contributed by atoms with E-state index in [1.165, 1.54) is 0 Å². The van der Waals surface area contributed by atoms with Crippen molar-refractivity contribution < 1.29 is 9.84 Å². The molecule has 0 aliphatic rings. The largest absolute Gasteiger partial charge is 0.389 e. The van der Waals surface area contributed by atoms with Crippen LogP contribution in [0, 0.1) is 13.8 Å². The Morgan fingerprint density at radius 1 is 1.29 bits per heavy atom. The van der Waals surface area contributed by atoms with Crippen molar-refractivity contribution in [3.8, 4) is 0 Å². The maximum Gasteiger partial charge on any atom is 0.0961 e. The molecule has 0 aromatic carbocycles. The molecule has 1 aromatic rings. The number of nitrogens with zero attached hydrogens (tertiary/aromatic N) is 1. The van der Waals surface area contributed by atoms with E-state index in [0.29, 0.717) is 13.2 Å². The minimum Gasteiger partial charge on any atom is -0.389 e. The van der Waals surface area contributed by atoms with Crippen LogP contribution >= 0.6 is 0 Å². The minimum atomic E-state index is -0.504. The molecule has 1 rings (SSSR count). The summed E-state index contributed by atoms with van der Waals surface area (Å²) in [5.41, 5.74) is 5.24. The van der Waals surface area contributed by atoms with Crippen LogP contribution in [0.15, 0.2) is 12.1 Å². The molecule has 1 heterocycles. The summed E-state index contributed by atoms with van der Waals surface area (Å²) in [6.45, 7) is 10.8. The highest BCUT2D eigenvalue weighted by molar-refractivity contribution is 5.15. The molecule has 1 unspecified atom stereocenters. The smallest absolute Gasteiger partial charge is 0.0961 e. The van der Waals surface area contributed by atoms with Crippen LogP contribution in [0.1, 0.15) is 32.2 Å². The van der Waals surface area contributed by atoms with Crippen molar-refractivity contribution in [3.05, 3.63) is 23.5 Å². The molecule has 0 aliphatic heterocycles. The van der Waals surface area contributed by atoms with Crippen molar-refractivity contribution in [2.45, 2.75) is 46.3 Å². The van der Waals surface area contributed by atoms with Gasteiger partial charge in [-0.05, 0) is 46.8 Å². The summed E-state index contributed by atoms with van der Waals surface area (Å²) in [6, 6.07) is 4.08. The van der Waals surface area contributed by atoms with Crippen molar-refractivity contribution in [1.29, 1.82) is 0 Å². The summed E-state index contributed by atoms with van der Waals surface area (Å²) in [5.74, 6) is 0. The number of ether oxygens (including phenoxy) is 1. The van der Waals surface area contributed by atoms with E-state index < -0.39 is 6.10 Å². The summed E-state index contributed by atoms with van der Waals surface area (Å²) in [7, 11) is 0. The number of hydrogen-bond acceptors (Lipinski definition) is 3. The van der Waals surface area contributed by atoms with E-state index in [4.69, 9.17) is 4.74 Å². The quantitative estimate of drug-likeness (QED) is 0.825. The fraction of sp³-hybridized carbons (Fsp3) is 0.692. The summed E-state index contributed by atoms with van der Waals surface area (Å²) in [5, 5.41) is 9.79. The highest BCUT2D eigenvalue weighted by atomic mass is 16.5. The summed E-state index contributed by atoms with van der Waals surface area (Å²) in [6.07, 6.45) is -0.504. The highest BCUT2D eigenvalue weighted by Crippen LogP contribution is 2.07. The van der Waals surface area contributed by atoms with Crippen molar-refractivity contribution in [3.63, 3.8) is 0 Å². The number of aliphatic hydroxyl groups excluding tert-OH is 1. The van der Waals surface area contributed by atoms with Gasteiger partial charge in [0, 0.05) is 11.4 Å². The van der Waals surface area contributed by atoms with Crippen LogP contribution in [0.2, 0.25) is 0 Å². The molecular formula is C13H24N2O2. The Bertz CT molecular complexity index is 333. The number of hydrogen-bond donors (Lipinski definition) is 2. The maximum absolute atomic E-state index is 9.79. The molecule has 0 bridgehead atoms. The molecular weight excluding hydrogens is 216 g/mol. The maximum atomic E-state index is 9.79. The fourth-order valence-electron chi connectivity index (χ4n) is 1.52. The van der Waals surface area contributed by atoms with E-state index in [1.54, 1.807) is 0 Å². The second-order valence-electron chi connectivity index (χ2n) is 5.39. The van der Waals surface area contributed by atoms with Gasteiger partial charge in [-0.25, -0.2) is 0 Å². The molecule has 1 atom stereocenters. The van der Waals surface area contributed by atoms with Crippen molar-refractivity contribution >= 4 is 0 Å². The van der Waals surface area contributed by atoms with Gasteiger partial charge in [0.05, 0.1) is 24.9 Å². The number of aliphatic hydroxyl groups is 1. The third kappa shape index (κ3) is 4.79. The van der Waals surface area contributed by atoms with Crippen LogP contribution in [0.25, 0.3) is 0 Å². The van der Waals surface area contributed by atoms with Crippen LogP contribution in [-0.4, -0.2) is 34.6 Å². The molecule has 2 N–H and O–H groups in total. The second-order valence-corrected chi connectivity index (χ2v) is 5.39. The zero-order valence-corrected chi connectivity index (χ0v) is 11.4. The number of aromatic nitrogens is 1. The average molecular weight is 240 g/mol. The van der Waals surface area contributed by atoms with E-state index in [2.05, 4.69) is 5.43 Å². The summed E-state index contributed by atoms with van der Waals surface area (Å²) in [4.78, 5) is 0. The van der Waals surface area contributed by atoms with E-state index in [9.17, 15) is 5.11 Å². The highest BCUT2D eigenvalue weighted by Gasteiger charge is 2.13. The van der Waals surface area contributed by atoms with Gasteiger partial charge in [0.2, 0.25) is 0 Å². The third-order valence-corrected chi connectivity index (χ3v) is 2.46. The molecule has 4 nitrogen and oxygen atoms in total. The molecule has 0 fully saturated rings. The van der Waals surface area contributed by atoms with Gasteiger partial charge in [0.15, 0.2) is 0 Å².